The van der Waals surface area contributed by atoms with E-state index in [1.807, 2.05) is 59.0 Å². The maximum absolute atomic E-state index is 11.2. The molecule has 3 N–H and O–H groups in total. The van der Waals surface area contributed by atoms with Crippen LogP contribution in [0.4, 0.5) is 5.69 Å². The average Bonchev–Trinajstić information content (AvgIpc) is 3.65. The minimum atomic E-state index is 0.147. The van der Waals surface area contributed by atoms with E-state index >= 15 is 0 Å². The zero-order valence-corrected chi connectivity index (χ0v) is 58.7. The Hall–Kier alpha value is -4.79. The first-order valence-electron chi connectivity index (χ1n) is 33.0. The normalized spacial score (nSPS) is 13.0. The zero-order valence-electron chi connectivity index (χ0n) is 58.7. The van der Waals surface area contributed by atoms with Gasteiger partial charge in [-0.2, -0.15) is 0 Å². The Kier molecular flexibility index (Phi) is 56.2. The molecule has 83 heavy (non-hydrogen) atoms. The predicted molar refractivity (Wildman–Crippen MR) is 373 cm³/mol. The number of nitrogens with one attached hydrogen (secondary N) is 1. The van der Waals surface area contributed by atoms with Crippen molar-refractivity contribution in [1.82, 2.24) is 15.4 Å². The Labute approximate surface area is 515 Å². The predicted octanol–water partition coefficient (Wildman–Crippen LogP) is 21.4. The molecule has 476 valence electrons. The highest BCUT2D eigenvalue weighted by Crippen LogP contribution is 2.29. The number of nitrogens with zero attached hydrogens (tertiary/aromatic N) is 3. The first-order chi connectivity index (χ1) is 39.6. The Morgan fingerprint density at radius 2 is 1.31 bits per heavy atom. The maximum Gasteiger partial charge on any atom is 0.159 e. The Balaban J connectivity index is -0.000000464. The lowest BCUT2D eigenvalue weighted by molar-refractivity contribution is -0.106. The molecule has 2 heterocycles. The molecule has 4 rings (SSSR count). The molecule has 8 heteroatoms. The summed E-state index contributed by atoms with van der Waals surface area (Å²) >= 11 is 0. The summed E-state index contributed by atoms with van der Waals surface area (Å²) in [5.74, 6) is 2.96. The van der Waals surface area contributed by atoms with Crippen molar-refractivity contribution in [3.8, 4) is 0 Å². The molecule has 3 aromatic rings. The van der Waals surface area contributed by atoms with Gasteiger partial charge in [-0.15, -0.1) is 0 Å². The molecular weight excluding hydrogens is 1020 g/mol. The summed E-state index contributed by atoms with van der Waals surface area (Å²) in [6.45, 7) is 58.1. The van der Waals surface area contributed by atoms with Crippen LogP contribution in [0.5, 0.6) is 0 Å². The van der Waals surface area contributed by atoms with Gasteiger partial charge < -0.3 is 20.3 Å². The number of anilines is 1. The van der Waals surface area contributed by atoms with Gasteiger partial charge in [-0.3, -0.25) is 20.1 Å². The first-order valence-corrected chi connectivity index (χ1v) is 33.0. The smallest absolute Gasteiger partial charge is 0.159 e. The average molecular weight is 1150 g/mol. The van der Waals surface area contributed by atoms with Gasteiger partial charge in [0.1, 0.15) is 6.29 Å². The van der Waals surface area contributed by atoms with Crippen molar-refractivity contribution in [2.75, 3.05) is 44.7 Å². The van der Waals surface area contributed by atoms with Gasteiger partial charge in [0.15, 0.2) is 5.78 Å². The molecule has 1 fully saturated rings. The van der Waals surface area contributed by atoms with Crippen LogP contribution in [0.1, 0.15) is 284 Å². The number of hydrogen-bond acceptors (Lipinski definition) is 8. The summed E-state index contributed by atoms with van der Waals surface area (Å²) in [6, 6.07) is 14.9. The highest BCUT2D eigenvalue weighted by atomic mass is 16.6. The van der Waals surface area contributed by atoms with E-state index in [2.05, 4.69) is 187 Å². The Morgan fingerprint density at radius 3 is 1.76 bits per heavy atom. The first kappa shape index (κ1) is 84.7. The largest absolute Gasteiger partial charge is 0.402 e. The van der Waals surface area contributed by atoms with Crippen molar-refractivity contribution in [2.24, 2.45) is 23.5 Å². The minimum absolute atomic E-state index is 0.147. The van der Waals surface area contributed by atoms with Crippen molar-refractivity contribution in [3.63, 3.8) is 0 Å². The summed E-state index contributed by atoms with van der Waals surface area (Å²) in [4.78, 5) is 34.5. The summed E-state index contributed by atoms with van der Waals surface area (Å²) < 4.78 is 0. The number of carbonyl (C=O) groups is 2. The summed E-state index contributed by atoms with van der Waals surface area (Å²) in [5, 5.41) is 0. The molecule has 8 nitrogen and oxygen atoms in total. The van der Waals surface area contributed by atoms with Gasteiger partial charge in [-0.1, -0.05) is 191 Å². The fourth-order valence-electron chi connectivity index (χ4n) is 9.64. The lowest BCUT2D eigenvalue weighted by atomic mass is 9.90. The SMILES string of the molecule is C=C1CCC(C)CON1.CC.CC.CC/C(=C\C=C(/C)N)c1ccnc(C)c1/C=C(\C)C(C)C.CC=O.CCCC(CCC)CN(CCC)CCC.CCCC(CCC)c1ccc(C(C)=O)cc1.CCCN(C)c1cc(CC)c(C)cc1C. The molecule has 0 saturated carbocycles. The second-order valence-corrected chi connectivity index (χ2v) is 22.3. The molecule has 0 amide bonds. The van der Waals surface area contributed by atoms with Gasteiger partial charge in [0.05, 0.1) is 6.61 Å². The molecule has 0 aliphatic carbocycles. The molecule has 1 atom stereocenters. The number of Topliss-reactive ketones (excluding diaryl/α,β-unsaturated/α-hetero) is 1. The number of hydrogen-bond donors (Lipinski definition) is 2. The fraction of sp³-hybridized carbons (Fsp3) is 0.640. The molecule has 0 radical (unpaired) electrons. The second-order valence-electron chi connectivity index (χ2n) is 22.3. The number of aryl methyl sites for hydroxylation is 4. The van der Waals surface area contributed by atoms with E-state index in [4.69, 9.17) is 15.4 Å². The van der Waals surface area contributed by atoms with Gasteiger partial charge in [0.2, 0.25) is 0 Å². The van der Waals surface area contributed by atoms with Crippen LogP contribution in [0.15, 0.2) is 84.4 Å². The maximum atomic E-state index is 11.2. The number of aldehydes is 1. The third kappa shape index (κ3) is 40.2. The molecule has 1 aromatic heterocycles. The van der Waals surface area contributed by atoms with E-state index in [0.717, 1.165) is 67.3 Å². The molecule has 2 aromatic carbocycles. The number of carbonyl (C=O) groups excluding carboxylic acids is 2. The van der Waals surface area contributed by atoms with Crippen molar-refractivity contribution in [3.05, 3.63) is 129 Å². The molecule has 1 unspecified atom stereocenters. The lowest BCUT2D eigenvalue weighted by Gasteiger charge is -2.26. The quantitative estimate of drug-likeness (QED) is 0.0492. The van der Waals surface area contributed by atoms with Crippen LogP contribution in [-0.2, 0) is 16.1 Å². The van der Waals surface area contributed by atoms with Crippen LogP contribution in [0, 0.1) is 38.5 Å². The summed E-state index contributed by atoms with van der Waals surface area (Å²) in [5.41, 5.74) is 24.4. The van der Waals surface area contributed by atoms with Crippen LogP contribution >= 0.6 is 0 Å². The lowest BCUT2D eigenvalue weighted by Crippen LogP contribution is -2.31. The van der Waals surface area contributed by atoms with Crippen molar-refractivity contribution in [2.45, 2.75) is 261 Å². The summed E-state index contributed by atoms with van der Waals surface area (Å²) in [6.07, 6.45) is 27.5. The molecular formula is C75H133N5O3. The van der Waals surface area contributed by atoms with Gasteiger partial charge >= 0.3 is 0 Å². The Morgan fingerprint density at radius 1 is 0.783 bits per heavy atom. The molecule has 0 spiro atoms. The number of hydroxylamine groups is 1. The topological polar surface area (TPSA) is 101 Å². The van der Waals surface area contributed by atoms with Gasteiger partial charge in [-0.05, 0) is 207 Å². The van der Waals surface area contributed by atoms with Crippen molar-refractivity contribution < 1.29 is 14.4 Å². The van der Waals surface area contributed by atoms with Gasteiger partial charge in [0.25, 0.3) is 0 Å². The number of aromatic nitrogens is 1. The third-order valence-corrected chi connectivity index (χ3v) is 14.3. The Bertz CT molecular complexity index is 2130. The van der Waals surface area contributed by atoms with Gasteiger partial charge in [-0.25, -0.2) is 0 Å². The number of benzene rings is 2. The van der Waals surface area contributed by atoms with Gasteiger partial charge in [0, 0.05) is 60.2 Å². The van der Waals surface area contributed by atoms with E-state index in [1.54, 1.807) is 6.92 Å². The van der Waals surface area contributed by atoms with Crippen LogP contribution in [0.2, 0.25) is 0 Å². The van der Waals surface area contributed by atoms with E-state index in [0.29, 0.717) is 17.8 Å². The molecule has 1 saturated heterocycles. The van der Waals surface area contributed by atoms with Crippen LogP contribution in [0.25, 0.3) is 11.6 Å². The van der Waals surface area contributed by atoms with Crippen LogP contribution < -0.4 is 16.1 Å². The monoisotopic (exact) mass is 1150 g/mol. The number of nitrogens with two attached hydrogens (primary N) is 1. The standard InChI is InChI=1S/C19H28N2.C15H22O.C14H23N.C14H31N.C7H13NO.C2H4O.2C2H6/c1-7-17(9-8-15(5)20)18-10-11-21-16(6)19(18)12-14(4)13(2)3;1-4-6-14(7-5-2)15-10-8-13(9-11-15)12(3)16;1-6-8-15(5)14-10-13(7-2)11(3)9-12(14)4;1-5-9-14(10-6-2)13-15(11-7-3)12-8-4;1-6-3-4-7(2)8-9-5-6;1-2-3;2*1-2/h8-13H,7,20H2,1-6H3;8-11,14H,4-7H2,1-3H3;9-10H,6-8H2,1-5H3;14H,5-13H2,1-4H3;6,8H,2-5H2,1H3;2H,1H3;2*1-2H3/b14-12+,15-8+,17-9+;;;;;;;. The number of rotatable bonds is 25. The van der Waals surface area contributed by atoms with Crippen LogP contribution in [0.3, 0.4) is 0 Å². The number of pyridine rings is 1. The van der Waals surface area contributed by atoms with E-state index in [-0.39, 0.29) is 5.78 Å². The van der Waals surface area contributed by atoms with Crippen molar-refractivity contribution >= 4 is 29.4 Å². The number of allylic oxidation sites excluding steroid dienone is 6. The zero-order chi connectivity index (χ0) is 64.3. The number of ketones is 1. The summed E-state index contributed by atoms with van der Waals surface area (Å²) in [7, 11) is 2.18. The second kappa shape index (κ2) is 55.1. The minimum Gasteiger partial charge on any atom is -0.402 e. The highest BCUT2D eigenvalue weighted by molar-refractivity contribution is 5.94. The molecule has 0 bridgehead atoms. The molecule has 1 aliphatic rings. The highest BCUT2D eigenvalue weighted by Gasteiger charge is 2.14. The van der Waals surface area contributed by atoms with Crippen LogP contribution in [-0.4, -0.2) is 61.8 Å². The van der Waals surface area contributed by atoms with Crippen molar-refractivity contribution in [1.29, 1.82) is 0 Å². The van der Waals surface area contributed by atoms with E-state index in [1.165, 1.54) is 154 Å². The fourth-order valence-corrected chi connectivity index (χ4v) is 9.64. The third-order valence-electron chi connectivity index (χ3n) is 14.3. The van der Waals surface area contributed by atoms with E-state index in [9.17, 15) is 4.79 Å². The van der Waals surface area contributed by atoms with E-state index < -0.39 is 0 Å². The molecule has 1 aliphatic heterocycles.